The quantitative estimate of drug-likeness (QED) is 0.231. The monoisotopic (exact) mass is 516 g/mol. The molecule has 32 heavy (non-hydrogen) atoms. The van der Waals surface area contributed by atoms with Crippen molar-refractivity contribution in [1.82, 2.24) is 4.90 Å². The molecule has 168 valence electrons. The van der Waals surface area contributed by atoms with Crippen LogP contribution in [0, 0.1) is 0 Å². The van der Waals surface area contributed by atoms with Gasteiger partial charge in [0.2, 0.25) is 0 Å². The molecule has 0 N–H and O–H groups in total. The maximum Gasteiger partial charge on any atom is 0.266 e. The van der Waals surface area contributed by atoms with E-state index in [1.807, 2.05) is 48.5 Å². The highest BCUT2D eigenvalue weighted by molar-refractivity contribution is 9.10. The summed E-state index contributed by atoms with van der Waals surface area (Å²) in [5.74, 6) is 1.08. The smallest absolute Gasteiger partial charge is 0.266 e. The number of hydrogen-bond donors (Lipinski definition) is 0. The lowest BCUT2D eigenvalue weighted by atomic mass is 10.2. The number of amides is 1. The summed E-state index contributed by atoms with van der Waals surface area (Å²) in [6.45, 7) is 5.14. The summed E-state index contributed by atoms with van der Waals surface area (Å²) < 4.78 is 17.1. The molecule has 2 aromatic rings. The van der Waals surface area contributed by atoms with E-state index in [1.54, 1.807) is 25.2 Å². The highest BCUT2D eigenvalue weighted by Crippen LogP contribution is 2.39. The SMILES string of the molecule is C=CCOc1c(Br)cc(/C=C2\SC(=Nc3ccccc3)N(CCCOC)C2=O)cc1OC. The summed E-state index contributed by atoms with van der Waals surface area (Å²) in [6.07, 6.45) is 4.23. The van der Waals surface area contributed by atoms with Gasteiger partial charge in [-0.2, -0.15) is 0 Å². The van der Waals surface area contributed by atoms with E-state index in [4.69, 9.17) is 19.2 Å². The summed E-state index contributed by atoms with van der Waals surface area (Å²) in [5, 5.41) is 0.653. The topological polar surface area (TPSA) is 60.4 Å². The first-order chi connectivity index (χ1) is 15.6. The Labute approximate surface area is 201 Å². The molecule has 0 bridgehead atoms. The molecule has 0 spiro atoms. The number of methoxy groups -OCH3 is 2. The van der Waals surface area contributed by atoms with Gasteiger partial charge in [0.25, 0.3) is 5.91 Å². The molecule has 0 saturated carbocycles. The second-order valence-electron chi connectivity index (χ2n) is 6.78. The van der Waals surface area contributed by atoms with Crippen LogP contribution in [0.15, 0.2) is 69.5 Å². The van der Waals surface area contributed by atoms with Crippen molar-refractivity contribution in [2.24, 2.45) is 4.99 Å². The Balaban J connectivity index is 1.93. The van der Waals surface area contributed by atoms with E-state index in [1.165, 1.54) is 11.8 Å². The lowest BCUT2D eigenvalue weighted by Crippen LogP contribution is -2.30. The maximum atomic E-state index is 13.2. The molecule has 0 atom stereocenters. The first-order valence-electron chi connectivity index (χ1n) is 10.0. The normalized spacial score (nSPS) is 16.1. The Hall–Kier alpha value is -2.55. The molecule has 3 rings (SSSR count). The van der Waals surface area contributed by atoms with E-state index < -0.39 is 0 Å². The van der Waals surface area contributed by atoms with Gasteiger partial charge in [0.1, 0.15) is 6.61 Å². The van der Waals surface area contributed by atoms with Crippen molar-refractivity contribution in [3.05, 3.63) is 70.1 Å². The Kier molecular flexibility index (Phi) is 8.96. The number of carbonyl (C=O) groups excluding carboxylic acids is 1. The van der Waals surface area contributed by atoms with Crippen LogP contribution >= 0.6 is 27.7 Å². The van der Waals surface area contributed by atoms with Crippen molar-refractivity contribution in [1.29, 1.82) is 0 Å². The van der Waals surface area contributed by atoms with Crippen LogP contribution in [0.1, 0.15) is 12.0 Å². The molecule has 0 aromatic heterocycles. The van der Waals surface area contributed by atoms with Crippen LogP contribution in [0.2, 0.25) is 0 Å². The van der Waals surface area contributed by atoms with Gasteiger partial charge in [-0.15, -0.1) is 0 Å². The summed E-state index contributed by atoms with van der Waals surface area (Å²) >= 11 is 4.89. The van der Waals surface area contributed by atoms with Crippen LogP contribution in [-0.4, -0.2) is 50.0 Å². The number of rotatable bonds is 10. The Morgan fingerprint density at radius 2 is 2.00 bits per heavy atom. The Morgan fingerprint density at radius 3 is 2.69 bits per heavy atom. The molecule has 1 saturated heterocycles. The minimum atomic E-state index is -0.0807. The average Bonchev–Trinajstić information content (AvgIpc) is 3.07. The average molecular weight is 517 g/mol. The molecular formula is C24H25BrN2O4S. The maximum absolute atomic E-state index is 13.2. The number of hydrogen-bond acceptors (Lipinski definition) is 6. The molecule has 2 aromatic carbocycles. The van der Waals surface area contributed by atoms with E-state index in [2.05, 4.69) is 22.5 Å². The minimum absolute atomic E-state index is 0.0807. The Morgan fingerprint density at radius 1 is 1.22 bits per heavy atom. The second-order valence-corrected chi connectivity index (χ2v) is 8.64. The largest absolute Gasteiger partial charge is 0.493 e. The third-order valence-corrected chi connectivity index (χ3v) is 6.09. The molecule has 1 aliphatic heterocycles. The van der Waals surface area contributed by atoms with E-state index in [-0.39, 0.29) is 5.91 Å². The summed E-state index contributed by atoms with van der Waals surface area (Å²) in [4.78, 5) is 20.2. The van der Waals surface area contributed by atoms with E-state index in [0.717, 1.165) is 22.1 Å². The third-order valence-electron chi connectivity index (χ3n) is 4.49. The van der Waals surface area contributed by atoms with Crippen LogP contribution in [0.4, 0.5) is 5.69 Å². The molecule has 1 heterocycles. The van der Waals surface area contributed by atoms with Gasteiger partial charge < -0.3 is 14.2 Å². The molecule has 0 radical (unpaired) electrons. The fraction of sp³-hybridized carbons (Fsp3) is 0.250. The van der Waals surface area contributed by atoms with Gasteiger partial charge in [-0.25, -0.2) is 4.99 Å². The van der Waals surface area contributed by atoms with Gasteiger partial charge in [0.15, 0.2) is 16.7 Å². The highest BCUT2D eigenvalue weighted by Gasteiger charge is 2.33. The van der Waals surface area contributed by atoms with Gasteiger partial charge in [-0.1, -0.05) is 30.9 Å². The fourth-order valence-corrected chi connectivity index (χ4v) is 4.62. The number of amidine groups is 1. The summed E-state index contributed by atoms with van der Waals surface area (Å²) in [7, 11) is 3.23. The Bertz CT molecular complexity index is 1020. The first kappa shape index (κ1) is 24.1. The molecule has 8 heteroatoms. The number of ether oxygens (including phenoxy) is 3. The van der Waals surface area contributed by atoms with Crippen molar-refractivity contribution in [3.8, 4) is 11.5 Å². The highest BCUT2D eigenvalue weighted by atomic mass is 79.9. The second kappa shape index (κ2) is 11.9. The third kappa shape index (κ3) is 6.03. The zero-order chi connectivity index (χ0) is 22.9. The zero-order valence-corrected chi connectivity index (χ0v) is 20.4. The standard InChI is InChI=1S/C24H25BrN2O4S/c1-4-12-31-22-19(25)14-17(15-20(22)30-3)16-21-23(28)27(11-8-13-29-2)24(32-21)26-18-9-6-5-7-10-18/h4-7,9-10,14-16H,1,8,11-13H2,2-3H3/b21-16-,26-24?. The van der Waals surface area contributed by atoms with E-state index >= 15 is 0 Å². The summed E-state index contributed by atoms with van der Waals surface area (Å²) in [6, 6.07) is 13.3. The molecule has 1 aliphatic rings. The number of carbonyl (C=O) groups is 1. The molecule has 1 fully saturated rings. The lowest BCUT2D eigenvalue weighted by Gasteiger charge is -2.15. The number of nitrogens with zero attached hydrogens (tertiary/aromatic N) is 2. The van der Waals surface area contributed by atoms with Crippen molar-refractivity contribution in [2.75, 3.05) is 34.0 Å². The molecule has 0 aliphatic carbocycles. The van der Waals surface area contributed by atoms with Crippen LogP contribution in [0.25, 0.3) is 6.08 Å². The van der Waals surface area contributed by atoms with Gasteiger partial charge in [0, 0.05) is 20.3 Å². The van der Waals surface area contributed by atoms with Crippen LogP contribution in [0.3, 0.4) is 0 Å². The minimum Gasteiger partial charge on any atom is -0.493 e. The van der Waals surface area contributed by atoms with Crippen molar-refractivity contribution in [2.45, 2.75) is 6.42 Å². The van der Waals surface area contributed by atoms with Gasteiger partial charge in [-0.05, 0) is 70.0 Å². The first-order valence-corrected chi connectivity index (χ1v) is 11.6. The lowest BCUT2D eigenvalue weighted by molar-refractivity contribution is -0.122. The summed E-state index contributed by atoms with van der Waals surface area (Å²) in [5.41, 5.74) is 1.61. The molecule has 6 nitrogen and oxygen atoms in total. The van der Waals surface area contributed by atoms with Crippen LogP contribution < -0.4 is 9.47 Å². The van der Waals surface area contributed by atoms with E-state index in [0.29, 0.717) is 41.3 Å². The van der Waals surface area contributed by atoms with Crippen LogP contribution in [0.5, 0.6) is 11.5 Å². The molecule has 1 amide bonds. The fourth-order valence-electron chi connectivity index (χ4n) is 3.03. The van der Waals surface area contributed by atoms with Crippen molar-refractivity contribution < 1.29 is 19.0 Å². The van der Waals surface area contributed by atoms with Gasteiger partial charge >= 0.3 is 0 Å². The molecule has 0 unspecified atom stereocenters. The number of thioether (sulfide) groups is 1. The number of benzene rings is 2. The number of aliphatic imine (C=N–C) groups is 1. The van der Waals surface area contributed by atoms with E-state index in [9.17, 15) is 4.79 Å². The van der Waals surface area contributed by atoms with Crippen molar-refractivity contribution in [3.63, 3.8) is 0 Å². The number of para-hydroxylation sites is 1. The predicted octanol–water partition coefficient (Wildman–Crippen LogP) is 5.66. The zero-order valence-electron chi connectivity index (χ0n) is 18.0. The van der Waals surface area contributed by atoms with Crippen LogP contribution in [-0.2, 0) is 9.53 Å². The predicted molar refractivity (Wildman–Crippen MR) is 134 cm³/mol. The van der Waals surface area contributed by atoms with Crippen molar-refractivity contribution >= 4 is 50.5 Å². The van der Waals surface area contributed by atoms with Gasteiger partial charge in [-0.3, -0.25) is 9.69 Å². The number of halogens is 1. The van der Waals surface area contributed by atoms with Gasteiger partial charge in [0.05, 0.1) is 22.2 Å². The molecular weight excluding hydrogens is 492 g/mol.